The normalized spacial score (nSPS) is 14.9. The fourth-order valence-corrected chi connectivity index (χ4v) is 5.54. The fourth-order valence-electron chi connectivity index (χ4n) is 2.98. The smallest absolute Gasteiger partial charge is 0.248 e. The first-order valence-electron chi connectivity index (χ1n) is 12.1. The van der Waals surface area contributed by atoms with Gasteiger partial charge in [0.25, 0.3) is 0 Å². The Labute approximate surface area is 210 Å². The molecule has 0 N–H and O–H groups in total. The third kappa shape index (κ3) is 8.06. The van der Waals surface area contributed by atoms with Crippen LogP contribution in [0.25, 0.3) is 0 Å². The predicted octanol–water partition coefficient (Wildman–Crippen LogP) is 7.25. The highest BCUT2D eigenvalue weighted by Crippen LogP contribution is 2.43. The maximum atomic E-state index is 12.8. The van der Waals surface area contributed by atoms with E-state index in [1.165, 1.54) is 12.2 Å². The summed E-state index contributed by atoms with van der Waals surface area (Å²) in [6.07, 6.45) is 5.85. The molecule has 0 aliphatic carbocycles. The minimum atomic E-state index is -2.15. The molecule has 0 spiro atoms. The summed E-state index contributed by atoms with van der Waals surface area (Å²) in [7, 11) is -1.08. The largest absolute Gasteiger partial charge is 0.409 e. The number of rotatable bonds is 10. The third-order valence-corrected chi connectivity index (χ3v) is 16.4. The van der Waals surface area contributed by atoms with E-state index in [0.717, 1.165) is 11.1 Å². The van der Waals surface area contributed by atoms with Gasteiger partial charge >= 0.3 is 0 Å². The SMILES string of the molecule is C#CC[C@H](O[Si](C)(C)C(C)(C)C)c1cccc([C@@H](CC(=O)N(C)OC)O[Si](C)(C)C(C)(C)C)c1. The quantitative estimate of drug-likeness (QED) is 0.191. The highest BCUT2D eigenvalue weighted by Gasteiger charge is 2.41. The van der Waals surface area contributed by atoms with E-state index in [1.54, 1.807) is 7.05 Å². The molecule has 0 fully saturated rings. The Kier molecular flexibility index (Phi) is 10.4. The molecule has 1 aromatic carbocycles. The summed E-state index contributed by atoms with van der Waals surface area (Å²) < 4.78 is 13.5. The fraction of sp³-hybridized carbons (Fsp3) is 0.667. The highest BCUT2D eigenvalue weighted by atomic mass is 28.4. The first-order valence-corrected chi connectivity index (χ1v) is 17.9. The minimum absolute atomic E-state index is 0.0104. The van der Waals surface area contributed by atoms with Crippen LogP contribution in [0, 0.1) is 12.3 Å². The Balaban J connectivity index is 3.43. The van der Waals surface area contributed by atoms with Gasteiger partial charge in [-0.25, -0.2) is 5.06 Å². The molecule has 2 atom stereocenters. The van der Waals surface area contributed by atoms with Crippen LogP contribution in [0.15, 0.2) is 24.3 Å². The summed E-state index contributed by atoms with van der Waals surface area (Å²) in [4.78, 5) is 17.9. The van der Waals surface area contributed by atoms with Crippen LogP contribution in [0.3, 0.4) is 0 Å². The third-order valence-electron chi connectivity index (χ3n) is 7.43. The van der Waals surface area contributed by atoms with E-state index in [1.807, 2.05) is 12.1 Å². The standard InChI is InChI=1S/C27H47NO4Si2/c1-14-16-23(31-33(10,11)26(2,3)4)21-17-15-18-22(19-21)24(20-25(29)28(8)30-9)32-34(12,13)27(5,6)7/h1,15,17-19,23-24H,16,20H2,2-13H3/t23-,24+/m0/s1. The van der Waals surface area contributed by atoms with Gasteiger partial charge < -0.3 is 8.85 Å². The predicted molar refractivity (Wildman–Crippen MR) is 146 cm³/mol. The molecule has 1 aromatic rings. The molecule has 0 aliphatic heterocycles. The monoisotopic (exact) mass is 505 g/mol. The second kappa shape index (κ2) is 11.5. The molecule has 0 saturated heterocycles. The number of hydrogen-bond acceptors (Lipinski definition) is 4. The molecule has 0 unspecified atom stereocenters. The van der Waals surface area contributed by atoms with Crippen LogP contribution < -0.4 is 0 Å². The molecule has 0 heterocycles. The lowest BCUT2D eigenvalue weighted by atomic mass is 9.99. The minimum Gasteiger partial charge on any atom is -0.409 e. The zero-order valence-corrected chi connectivity index (χ0v) is 25.5. The number of carbonyl (C=O) groups is 1. The van der Waals surface area contributed by atoms with Crippen molar-refractivity contribution in [2.24, 2.45) is 0 Å². The van der Waals surface area contributed by atoms with Crippen molar-refractivity contribution in [1.29, 1.82) is 0 Å². The van der Waals surface area contributed by atoms with Crippen LogP contribution >= 0.6 is 0 Å². The lowest BCUT2D eigenvalue weighted by Gasteiger charge is -2.40. The second-order valence-corrected chi connectivity index (χ2v) is 21.6. The summed E-state index contributed by atoms with van der Waals surface area (Å²) in [5.74, 6) is 2.67. The van der Waals surface area contributed by atoms with Crippen molar-refractivity contribution < 1.29 is 18.5 Å². The van der Waals surface area contributed by atoms with Crippen LogP contribution in [0.1, 0.15) is 77.7 Å². The Bertz CT molecular complexity index is 863. The molecule has 34 heavy (non-hydrogen) atoms. The number of carbonyl (C=O) groups excluding carboxylic acids is 1. The van der Waals surface area contributed by atoms with Crippen molar-refractivity contribution >= 4 is 22.5 Å². The molecule has 0 bridgehead atoms. The molecule has 1 rings (SSSR count). The summed E-state index contributed by atoms with van der Waals surface area (Å²) in [5.41, 5.74) is 1.98. The van der Waals surface area contributed by atoms with Gasteiger partial charge in [-0.1, -0.05) is 65.8 Å². The molecule has 0 aromatic heterocycles. The van der Waals surface area contributed by atoms with Gasteiger partial charge in [0.05, 0.1) is 25.7 Å². The Morgan fingerprint density at radius 1 is 0.971 bits per heavy atom. The summed E-state index contributed by atoms with van der Waals surface area (Å²) in [5, 5.41) is 1.34. The van der Waals surface area contributed by atoms with Gasteiger partial charge in [-0.15, -0.1) is 12.3 Å². The Hall–Kier alpha value is -1.44. The van der Waals surface area contributed by atoms with Crippen LogP contribution in [0.4, 0.5) is 0 Å². The van der Waals surface area contributed by atoms with Crippen molar-refractivity contribution in [3.05, 3.63) is 35.4 Å². The summed E-state index contributed by atoms with van der Waals surface area (Å²) in [6.45, 7) is 22.2. The van der Waals surface area contributed by atoms with E-state index in [-0.39, 0.29) is 34.6 Å². The van der Waals surface area contributed by atoms with E-state index in [4.69, 9.17) is 20.1 Å². The van der Waals surface area contributed by atoms with Crippen LogP contribution in [-0.2, 0) is 18.5 Å². The topological polar surface area (TPSA) is 48.0 Å². The van der Waals surface area contributed by atoms with Crippen LogP contribution in [0.5, 0.6) is 0 Å². The molecule has 192 valence electrons. The van der Waals surface area contributed by atoms with Crippen LogP contribution in [0.2, 0.25) is 36.3 Å². The Morgan fingerprint density at radius 2 is 1.41 bits per heavy atom. The number of nitrogens with zero attached hydrogens (tertiary/aromatic N) is 1. The maximum Gasteiger partial charge on any atom is 0.248 e. The number of amides is 1. The molecule has 0 radical (unpaired) electrons. The first-order chi connectivity index (χ1) is 15.4. The molecule has 5 nitrogen and oxygen atoms in total. The van der Waals surface area contributed by atoms with E-state index in [0.29, 0.717) is 6.42 Å². The first kappa shape index (κ1) is 30.6. The average Bonchev–Trinajstić information content (AvgIpc) is 2.70. The summed E-state index contributed by atoms with van der Waals surface area (Å²) >= 11 is 0. The van der Waals surface area contributed by atoms with Crippen molar-refractivity contribution in [1.82, 2.24) is 5.06 Å². The molecule has 0 saturated carbocycles. The van der Waals surface area contributed by atoms with E-state index in [9.17, 15) is 4.79 Å². The zero-order valence-electron chi connectivity index (χ0n) is 23.5. The van der Waals surface area contributed by atoms with Crippen LogP contribution in [-0.4, -0.2) is 41.8 Å². The Morgan fingerprint density at radius 3 is 1.82 bits per heavy atom. The van der Waals surface area contributed by atoms with E-state index >= 15 is 0 Å². The van der Waals surface area contributed by atoms with Gasteiger partial charge in [-0.05, 0) is 47.4 Å². The molecule has 1 amide bonds. The molecular formula is C27H47NO4Si2. The van der Waals surface area contributed by atoms with Gasteiger partial charge in [-0.2, -0.15) is 0 Å². The lowest BCUT2D eigenvalue weighted by Crippen LogP contribution is -2.43. The van der Waals surface area contributed by atoms with Gasteiger partial charge in [0.15, 0.2) is 16.6 Å². The number of hydrogen-bond donors (Lipinski definition) is 0. The summed E-state index contributed by atoms with van der Waals surface area (Å²) in [6, 6.07) is 8.20. The van der Waals surface area contributed by atoms with Crippen molar-refractivity contribution in [2.45, 2.75) is 103 Å². The number of benzene rings is 1. The van der Waals surface area contributed by atoms with Gasteiger partial charge in [0.1, 0.15) is 0 Å². The van der Waals surface area contributed by atoms with Gasteiger partial charge in [-0.3, -0.25) is 9.63 Å². The van der Waals surface area contributed by atoms with Crippen molar-refractivity contribution in [3.63, 3.8) is 0 Å². The second-order valence-electron chi connectivity index (χ2n) is 12.1. The highest BCUT2D eigenvalue weighted by molar-refractivity contribution is 6.74. The number of hydroxylamine groups is 2. The van der Waals surface area contributed by atoms with E-state index in [2.05, 4.69) is 85.8 Å². The molecule has 0 aliphatic rings. The van der Waals surface area contributed by atoms with E-state index < -0.39 is 16.6 Å². The zero-order chi connectivity index (χ0) is 26.5. The van der Waals surface area contributed by atoms with Gasteiger partial charge in [0, 0.05) is 13.5 Å². The molecule has 7 heteroatoms. The number of terminal acetylenes is 1. The van der Waals surface area contributed by atoms with Crippen molar-refractivity contribution in [2.75, 3.05) is 14.2 Å². The molecular weight excluding hydrogens is 458 g/mol. The van der Waals surface area contributed by atoms with Crippen molar-refractivity contribution in [3.8, 4) is 12.3 Å². The lowest BCUT2D eigenvalue weighted by molar-refractivity contribution is -0.170. The average molecular weight is 506 g/mol. The van der Waals surface area contributed by atoms with Gasteiger partial charge in [0.2, 0.25) is 5.91 Å². The maximum absolute atomic E-state index is 12.8.